The van der Waals surface area contributed by atoms with E-state index in [0.717, 1.165) is 10.0 Å². The van der Waals surface area contributed by atoms with Crippen molar-refractivity contribution >= 4 is 27.7 Å². The summed E-state index contributed by atoms with van der Waals surface area (Å²) < 4.78 is 6.18. The van der Waals surface area contributed by atoms with Gasteiger partial charge in [0.2, 0.25) is 0 Å². The molecule has 0 fully saturated rings. The SMILES string of the molecule is C=C1c2cc(Br)ccc2OC(=O)N1C(C)C. The number of nitrogens with zero attached hydrogens (tertiary/aromatic N) is 1. The number of ether oxygens (including phenoxy) is 1. The van der Waals surface area contributed by atoms with Crippen LogP contribution in [-0.4, -0.2) is 17.0 Å². The van der Waals surface area contributed by atoms with Gasteiger partial charge in [-0.15, -0.1) is 0 Å². The van der Waals surface area contributed by atoms with Gasteiger partial charge in [0.05, 0.1) is 5.70 Å². The molecule has 84 valence electrons. The number of hydrogen-bond donors (Lipinski definition) is 0. The molecular weight excluding hydrogens is 270 g/mol. The van der Waals surface area contributed by atoms with Crippen LogP contribution in [0.3, 0.4) is 0 Å². The van der Waals surface area contributed by atoms with Crippen molar-refractivity contribution < 1.29 is 9.53 Å². The second-order valence-corrected chi connectivity index (χ2v) is 4.83. The van der Waals surface area contributed by atoms with E-state index < -0.39 is 0 Å². The zero-order valence-corrected chi connectivity index (χ0v) is 10.7. The summed E-state index contributed by atoms with van der Waals surface area (Å²) in [6.07, 6.45) is -0.366. The predicted molar refractivity (Wildman–Crippen MR) is 66.2 cm³/mol. The predicted octanol–water partition coefficient (Wildman–Crippen LogP) is 3.64. The number of amides is 1. The lowest BCUT2D eigenvalue weighted by Gasteiger charge is -2.32. The van der Waals surface area contributed by atoms with Crippen LogP contribution in [0.5, 0.6) is 5.75 Å². The Morgan fingerprint density at radius 2 is 2.12 bits per heavy atom. The Labute approximate surface area is 103 Å². The molecule has 1 amide bonds. The summed E-state index contributed by atoms with van der Waals surface area (Å²) in [6, 6.07) is 5.54. The van der Waals surface area contributed by atoms with E-state index in [1.54, 1.807) is 11.0 Å². The number of halogens is 1. The first-order valence-electron chi connectivity index (χ1n) is 5.00. The van der Waals surface area contributed by atoms with Crippen LogP contribution in [0.15, 0.2) is 29.3 Å². The summed E-state index contributed by atoms with van der Waals surface area (Å²) >= 11 is 3.39. The zero-order chi connectivity index (χ0) is 11.9. The Hall–Kier alpha value is -1.29. The highest BCUT2D eigenvalue weighted by molar-refractivity contribution is 9.10. The molecule has 0 radical (unpaired) electrons. The number of hydrogen-bond acceptors (Lipinski definition) is 2. The highest BCUT2D eigenvalue weighted by Crippen LogP contribution is 2.35. The molecule has 1 aliphatic heterocycles. The van der Waals surface area contributed by atoms with E-state index in [4.69, 9.17) is 4.74 Å². The van der Waals surface area contributed by atoms with E-state index in [9.17, 15) is 4.79 Å². The molecule has 3 nitrogen and oxygen atoms in total. The van der Waals surface area contributed by atoms with Crippen LogP contribution < -0.4 is 4.74 Å². The van der Waals surface area contributed by atoms with Crippen LogP contribution in [-0.2, 0) is 0 Å². The molecule has 1 aromatic carbocycles. The van der Waals surface area contributed by atoms with Gasteiger partial charge in [0.25, 0.3) is 0 Å². The van der Waals surface area contributed by atoms with Crippen molar-refractivity contribution in [2.75, 3.05) is 0 Å². The van der Waals surface area contributed by atoms with Gasteiger partial charge < -0.3 is 4.74 Å². The third-order valence-electron chi connectivity index (χ3n) is 2.45. The quantitative estimate of drug-likeness (QED) is 0.787. The molecule has 1 heterocycles. The van der Waals surface area contributed by atoms with Crippen molar-refractivity contribution in [1.29, 1.82) is 0 Å². The molecule has 0 saturated heterocycles. The van der Waals surface area contributed by atoms with Crippen LogP contribution in [0, 0.1) is 0 Å². The molecule has 2 rings (SSSR count). The van der Waals surface area contributed by atoms with Gasteiger partial charge in [-0.1, -0.05) is 22.5 Å². The molecule has 0 aliphatic carbocycles. The molecule has 1 aromatic rings. The van der Waals surface area contributed by atoms with Crippen LogP contribution in [0.1, 0.15) is 19.4 Å². The van der Waals surface area contributed by atoms with E-state index in [1.165, 1.54) is 0 Å². The molecule has 1 aliphatic rings. The van der Waals surface area contributed by atoms with Gasteiger partial charge in [-0.25, -0.2) is 4.79 Å². The molecule has 0 unspecified atom stereocenters. The molecule has 0 atom stereocenters. The Morgan fingerprint density at radius 3 is 2.75 bits per heavy atom. The van der Waals surface area contributed by atoms with Crippen molar-refractivity contribution in [1.82, 2.24) is 4.90 Å². The first-order valence-corrected chi connectivity index (χ1v) is 5.80. The van der Waals surface area contributed by atoms with E-state index in [1.807, 2.05) is 26.0 Å². The summed E-state index contributed by atoms with van der Waals surface area (Å²) in [6.45, 7) is 7.81. The van der Waals surface area contributed by atoms with Crippen molar-refractivity contribution in [2.45, 2.75) is 19.9 Å². The number of carbonyl (C=O) groups is 1. The summed E-state index contributed by atoms with van der Waals surface area (Å²) in [5.41, 5.74) is 1.53. The zero-order valence-electron chi connectivity index (χ0n) is 9.16. The minimum atomic E-state index is -0.366. The lowest BCUT2D eigenvalue weighted by Crippen LogP contribution is -2.40. The first kappa shape index (κ1) is 11.2. The third kappa shape index (κ3) is 1.73. The van der Waals surface area contributed by atoms with Crippen LogP contribution in [0.25, 0.3) is 5.70 Å². The number of benzene rings is 1. The second-order valence-electron chi connectivity index (χ2n) is 3.92. The Bertz CT molecular complexity index is 468. The molecule has 0 aromatic heterocycles. The first-order chi connectivity index (χ1) is 7.50. The summed E-state index contributed by atoms with van der Waals surface area (Å²) in [4.78, 5) is 13.3. The number of carbonyl (C=O) groups excluding carboxylic acids is 1. The summed E-state index contributed by atoms with van der Waals surface area (Å²) in [5.74, 6) is 0.565. The van der Waals surface area contributed by atoms with Gasteiger partial charge in [0, 0.05) is 16.1 Å². The average molecular weight is 282 g/mol. The van der Waals surface area contributed by atoms with E-state index in [0.29, 0.717) is 11.4 Å². The highest BCUT2D eigenvalue weighted by atomic mass is 79.9. The minimum Gasteiger partial charge on any atom is -0.409 e. The maximum absolute atomic E-state index is 11.7. The van der Waals surface area contributed by atoms with Gasteiger partial charge in [0.1, 0.15) is 5.75 Å². The maximum atomic E-state index is 11.7. The molecule has 0 N–H and O–H groups in total. The fraction of sp³-hybridized carbons (Fsp3) is 0.250. The van der Waals surface area contributed by atoms with Gasteiger partial charge in [-0.2, -0.15) is 0 Å². The number of rotatable bonds is 1. The fourth-order valence-corrected chi connectivity index (χ4v) is 2.08. The summed E-state index contributed by atoms with van der Waals surface area (Å²) in [7, 11) is 0. The van der Waals surface area contributed by atoms with Gasteiger partial charge in [-0.3, -0.25) is 4.90 Å². The van der Waals surface area contributed by atoms with E-state index in [-0.39, 0.29) is 12.1 Å². The van der Waals surface area contributed by atoms with Crippen LogP contribution >= 0.6 is 15.9 Å². The second kappa shape index (κ2) is 3.94. The Kier molecular flexibility index (Phi) is 2.76. The van der Waals surface area contributed by atoms with E-state index >= 15 is 0 Å². The third-order valence-corrected chi connectivity index (χ3v) is 2.95. The lowest BCUT2D eigenvalue weighted by molar-refractivity contribution is 0.159. The standard InChI is InChI=1S/C12H12BrNO2/c1-7(2)14-8(3)10-6-9(13)4-5-11(10)16-12(14)15/h4-7H,3H2,1-2H3. The molecule has 4 heteroatoms. The molecular formula is C12H12BrNO2. The Balaban J connectivity index is 2.50. The smallest absolute Gasteiger partial charge is 0.409 e. The maximum Gasteiger partial charge on any atom is 0.420 e. The topological polar surface area (TPSA) is 29.5 Å². The molecule has 16 heavy (non-hydrogen) atoms. The van der Waals surface area contributed by atoms with Gasteiger partial charge in [0.15, 0.2) is 0 Å². The summed E-state index contributed by atoms with van der Waals surface area (Å²) in [5, 5.41) is 0. The van der Waals surface area contributed by atoms with Crippen molar-refractivity contribution in [3.05, 3.63) is 34.8 Å². The minimum absolute atomic E-state index is 0.0344. The fourth-order valence-electron chi connectivity index (χ4n) is 1.72. The van der Waals surface area contributed by atoms with Crippen LogP contribution in [0.2, 0.25) is 0 Å². The van der Waals surface area contributed by atoms with Crippen molar-refractivity contribution in [3.63, 3.8) is 0 Å². The van der Waals surface area contributed by atoms with Gasteiger partial charge >= 0.3 is 6.09 Å². The van der Waals surface area contributed by atoms with Crippen molar-refractivity contribution in [2.24, 2.45) is 0 Å². The lowest BCUT2D eigenvalue weighted by atomic mass is 10.1. The normalized spacial score (nSPS) is 15.1. The molecule has 0 spiro atoms. The highest BCUT2D eigenvalue weighted by Gasteiger charge is 2.30. The monoisotopic (exact) mass is 281 g/mol. The largest absolute Gasteiger partial charge is 0.420 e. The molecule has 0 saturated carbocycles. The number of fused-ring (bicyclic) bond motifs is 1. The van der Waals surface area contributed by atoms with Gasteiger partial charge in [-0.05, 0) is 32.0 Å². The van der Waals surface area contributed by atoms with Crippen LogP contribution in [0.4, 0.5) is 4.79 Å². The Morgan fingerprint density at radius 1 is 1.44 bits per heavy atom. The van der Waals surface area contributed by atoms with Crippen molar-refractivity contribution in [3.8, 4) is 5.75 Å². The van der Waals surface area contributed by atoms with E-state index in [2.05, 4.69) is 22.5 Å². The average Bonchev–Trinajstić information content (AvgIpc) is 2.19. The molecule has 0 bridgehead atoms.